The van der Waals surface area contributed by atoms with Gasteiger partial charge in [-0.05, 0) is 12.8 Å². The highest BCUT2D eigenvalue weighted by Crippen LogP contribution is 2.24. The Kier molecular flexibility index (Phi) is 2.52. The lowest BCUT2D eigenvalue weighted by Gasteiger charge is -2.23. The van der Waals surface area contributed by atoms with Crippen LogP contribution in [0.25, 0.3) is 0 Å². The predicted octanol–water partition coefficient (Wildman–Crippen LogP) is 1.44. The van der Waals surface area contributed by atoms with Gasteiger partial charge in [0.2, 0.25) is 5.95 Å². The van der Waals surface area contributed by atoms with Gasteiger partial charge in [-0.15, -0.1) is 0 Å². The van der Waals surface area contributed by atoms with Gasteiger partial charge in [-0.25, -0.2) is 9.97 Å². The standard InChI is InChI=1S/C10H16N4/c1-14(9-4-2-3-5-9)10-12-6-8(11)7-13-10/h6-7,9H,2-5,11H2,1H3. The van der Waals surface area contributed by atoms with Crippen molar-refractivity contribution >= 4 is 11.6 Å². The molecule has 1 aromatic rings. The van der Waals surface area contributed by atoms with Gasteiger partial charge in [0.1, 0.15) is 0 Å². The molecule has 0 unspecified atom stereocenters. The van der Waals surface area contributed by atoms with E-state index in [1.165, 1.54) is 25.7 Å². The largest absolute Gasteiger partial charge is 0.396 e. The zero-order chi connectivity index (χ0) is 9.97. The lowest BCUT2D eigenvalue weighted by molar-refractivity contribution is 0.638. The number of hydrogen-bond acceptors (Lipinski definition) is 4. The van der Waals surface area contributed by atoms with Crippen LogP contribution in [-0.2, 0) is 0 Å². The molecule has 0 spiro atoms. The number of rotatable bonds is 2. The van der Waals surface area contributed by atoms with E-state index in [0.717, 1.165) is 5.95 Å². The van der Waals surface area contributed by atoms with Gasteiger partial charge in [0, 0.05) is 13.1 Å². The monoisotopic (exact) mass is 192 g/mol. The van der Waals surface area contributed by atoms with Crippen LogP contribution >= 0.6 is 0 Å². The lowest BCUT2D eigenvalue weighted by atomic mass is 10.2. The first kappa shape index (κ1) is 9.24. The number of anilines is 2. The number of nitrogens with two attached hydrogens (primary N) is 1. The predicted molar refractivity (Wildman–Crippen MR) is 57.1 cm³/mol. The molecule has 2 rings (SSSR count). The summed E-state index contributed by atoms with van der Waals surface area (Å²) in [5, 5.41) is 0. The van der Waals surface area contributed by atoms with Crippen molar-refractivity contribution in [3.8, 4) is 0 Å². The third-order valence-electron chi connectivity index (χ3n) is 2.85. The molecule has 0 radical (unpaired) electrons. The molecule has 14 heavy (non-hydrogen) atoms. The van der Waals surface area contributed by atoms with Crippen molar-refractivity contribution in [1.82, 2.24) is 9.97 Å². The second kappa shape index (κ2) is 3.82. The summed E-state index contributed by atoms with van der Waals surface area (Å²) in [5.41, 5.74) is 6.16. The normalized spacial score (nSPS) is 17.2. The molecule has 0 saturated heterocycles. The Balaban J connectivity index is 2.09. The molecule has 4 heteroatoms. The van der Waals surface area contributed by atoms with Gasteiger partial charge in [-0.1, -0.05) is 12.8 Å². The summed E-state index contributed by atoms with van der Waals surface area (Å²) in [6, 6.07) is 0.610. The van der Waals surface area contributed by atoms with Gasteiger partial charge in [-0.3, -0.25) is 0 Å². The first-order valence-electron chi connectivity index (χ1n) is 5.08. The van der Waals surface area contributed by atoms with E-state index in [0.29, 0.717) is 11.7 Å². The Morgan fingerprint density at radius 3 is 2.43 bits per heavy atom. The van der Waals surface area contributed by atoms with Crippen LogP contribution in [-0.4, -0.2) is 23.1 Å². The minimum absolute atomic E-state index is 0.610. The summed E-state index contributed by atoms with van der Waals surface area (Å²) in [4.78, 5) is 10.6. The van der Waals surface area contributed by atoms with Crippen molar-refractivity contribution in [2.75, 3.05) is 17.7 Å². The second-order valence-electron chi connectivity index (χ2n) is 3.87. The fourth-order valence-corrected chi connectivity index (χ4v) is 1.97. The molecule has 0 amide bonds. The van der Waals surface area contributed by atoms with Crippen LogP contribution in [0.1, 0.15) is 25.7 Å². The van der Waals surface area contributed by atoms with Crippen molar-refractivity contribution in [2.24, 2.45) is 0 Å². The Morgan fingerprint density at radius 1 is 1.29 bits per heavy atom. The van der Waals surface area contributed by atoms with Crippen molar-refractivity contribution in [1.29, 1.82) is 0 Å². The Bertz CT molecular complexity index is 289. The molecule has 2 N–H and O–H groups in total. The summed E-state index contributed by atoms with van der Waals surface area (Å²) in [7, 11) is 2.06. The summed E-state index contributed by atoms with van der Waals surface area (Å²) in [5.74, 6) is 0.783. The molecule has 1 aromatic heterocycles. The molecule has 1 saturated carbocycles. The summed E-state index contributed by atoms with van der Waals surface area (Å²) in [6.07, 6.45) is 8.48. The van der Waals surface area contributed by atoms with Crippen LogP contribution in [0, 0.1) is 0 Å². The summed E-state index contributed by atoms with van der Waals surface area (Å²) < 4.78 is 0. The van der Waals surface area contributed by atoms with Gasteiger partial charge in [0.05, 0.1) is 18.1 Å². The zero-order valence-corrected chi connectivity index (χ0v) is 8.48. The van der Waals surface area contributed by atoms with E-state index >= 15 is 0 Å². The maximum atomic E-state index is 5.54. The molecule has 1 aliphatic rings. The molecule has 4 nitrogen and oxygen atoms in total. The fraction of sp³-hybridized carbons (Fsp3) is 0.600. The van der Waals surface area contributed by atoms with Crippen LogP contribution in [0.3, 0.4) is 0 Å². The molecule has 1 fully saturated rings. The van der Waals surface area contributed by atoms with E-state index in [2.05, 4.69) is 21.9 Å². The first-order valence-corrected chi connectivity index (χ1v) is 5.08. The summed E-state index contributed by atoms with van der Waals surface area (Å²) >= 11 is 0. The molecular weight excluding hydrogens is 176 g/mol. The van der Waals surface area contributed by atoms with E-state index < -0.39 is 0 Å². The molecule has 76 valence electrons. The van der Waals surface area contributed by atoms with E-state index in [-0.39, 0.29) is 0 Å². The van der Waals surface area contributed by atoms with Crippen LogP contribution in [0.15, 0.2) is 12.4 Å². The van der Waals surface area contributed by atoms with Crippen LogP contribution < -0.4 is 10.6 Å². The van der Waals surface area contributed by atoms with Crippen molar-refractivity contribution in [3.63, 3.8) is 0 Å². The maximum absolute atomic E-state index is 5.54. The SMILES string of the molecule is CN(c1ncc(N)cn1)C1CCCC1. The van der Waals surface area contributed by atoms with Crippen LogP contribution in [0.4, 0.5) is 11.6 Å². The maximum Gasteiger partial charge on any atom is 0.225 e. The first-order chi connectivity index (χ1) is 6.77. The second-order valence-corrected chi connectivity index (χ2v) is 3.87. The topological polar surface area (TPSA) is 55.0 Å². The molecule has 1 heterocycles. The van der Waals surface area contributed by atoms with Gasteiger partial charge in [0.15, 0.2) is 0 Å². The highest BCUT2D eigenvalue weighted by Gasteiger charge is 2.20. The third kappa shape index (κ3) is 1.78. The van der Waals surface area contributed by atoms with E-state index in [1.807, 2.05) is 0 Å². The molecule has 0 aliphatic heterocycles. The number of hydrogen-bond donors (Lipinski definition) is 1. The fourth-order valence-electron chi connectivity index (χ4n) is 1.97. The minimum atomic E-state index is 0.610. The minimum Gasteiger partial charge on any atom is -0.396 e. The lowest BCUT2D eigenvalue weighted by Crippen LogP contribution is -2.30. The number of aromatic nitrogens is 2. The Morgan fingerprint density at radius 2 is 1.86 bits per heavy atom. The van der Waals surface area contributed by atoms with Crippen molar-refractivity contribution in [3.05, 3.63) is 12.4 Å². The average Bonchev–Trinajstić information content (AvgIpc) is 2.71. The van der Waals surface area contributed by atoms with Gasteiger partial charge in [0.25, 0.3) is 0 Å². The van der Waals surface area contributed by atoms with Gasteiger partial charge < -0.3 is 10.6 Å². The smallest absolute Gasteiger partial charge is 0.225 e. The molecule has 1 aliphatic carbocycles. The molecule has 0 aromatic carbocycles. The van der Waals surface area contributed by atoms with Gasteiger partial charge in [-0.2, -0.15) is 0 Å². The van der Waals surface area contributed by atoms with Crippen molar-refractivity contribution < 1.29 is 0 Å². The zero-order valence-electron chi connectivity index (χ0n) is 8.48. The van der Waals surface area contributed by atoms with Crippen LogP contribution in [0.2, 0.25) is 0 Å². The number of nitrogen functional groups attached to an aromatic ring is 1. The van der Waals surface area contributed by atoms with Gasteiger partial charge >= 0.3 is 0 Å². The van der Waals surface area contributed by atoms with E-state index in [1.54, 1.807) is 12.4 Å². The molecule has 0 atom stereocenters. The van der Waals surface area contributed by atoms with E-state index in [4.69, 9.17) is 5.73 Å². The van der Waals surface area contributed by atoms with E-state index in [9.17, 15) is 0 Å². The van der Waals surface area contributed by atoms with Crippen LogP contribution in [0.5, 0.6) is 0 Å². The number of nitrogens with zero attached hydrogens (tertiary/aromatic N) is 3. The third-order valence-corrected chi connectivity index (χ3v) is 2.85. The van der Waals surface area contributed by atoms with Crippen molar-refractivity contribution in [2.45, 2.75) is 31.7 Å². The quantitative estimate of drug-likeness (QED) is 0.770. The molecule has 0 bridgehead atoms. The summed E-state index contributed by atoms with van der Waals surface area (Å²) in [6.45, 7) is 0. The Hall–Kier alpha value is -1.32. The molecular formula is C10H16N4. The highest BCUT2D eigenvalue weighted by atomic mass is 15.2. The Labute approximate surface area is 84.2 Å². The average molecular weight is 192 g/mol. The highest BCUT2D eigenvalue weighted by molar-refractivity contribution is 5.38.